The number of hydrogen-bond acceptors (Lipinski definition) is 4. The Morgan fingerprint density at radius 1 is 1.00 bits per heavy atom. The number of nitrogens with zero attached hydrogens (tertiary/aromatic N) is 1. The van der Waals surface area contributed by atoms with E-state index in [9.17, 15) is 18.0 Å². The van der Waals surface area contributed by atoms with Gasteiger partial charge in [0.15, 0.2) is 0 Å². The van der Waals surface area contributed by atoms with Crippen molar-refractivity contribution in [2.24, 2.45) is 0 Å². The minimum atomic E-state index is -4.22. The molecule has 0 spiro atoms. The van der Waals surface area contributed by atoms with E-state index in [1.54, 1.807) is 50.2 Å². The first-order valence-corrected chi connectivity index (χ1v) is 12.9. The van der Waals surface area contributed by atoms with E-state index >= 15 is 0 Å². The van der Waals surface area contributed by atoms with Gasteiger partial charge < -0.3 is 10.6 Å². The molecule has 0 saturated carbocycles. The van der Waals surface area contributed by atoms with Gasteiger partial charge in [0.2, 0.25) is 11.8 Å². The summed E-state index contributed by atoms with van der Waals surface area (Å²) in [4.78, 5) is 26.2. The molecule has 4 rings (SSSR count). The van der Waals surface area contributed by atoms with Crippen LogP contribution < -0.4 is 14.9 Å². The van der Waals surface area contributed by atoms with E-state index in [0.29, 0.717) is 32.5 Å². The molecule has 1 heterocycles. The SMILES string of the molecule is Cc1cc(C)c(S(=O)(=O)N2c3ccccc3NC(=O)C2CC(=O)Nc2cc(Cl)cc(Cl)c2)c(C)c1. The van der Waals surface area contributed by atoms with Crippen LogP contribution in [-0.4, -0.2) is 26.3 Å². The van der Waals surface area contributed by atoms with Crippen molar-refractivity contribution in [3.63, 3.8) is 0 Å². The van der Waals surface area contributed by atoms with Crippen molar-refractivity contribution in [1.82, 2.24) is 0 Å². The van der Waals surface area contributed by atoms with Crippen molar-refractivity contribution >= 4 is 62.1 Å². The van der Waals surface area contributed by atoms with Crippen molar-refractivity contribution in [2.45, 2.75) is 38.1 Å². The fourth-order valence-corrected chi connectivity index (χ4v) is 7.00. The number of rotatable bonds is 5. The van der Waals surface area contributed by atoms with E-state index in [4.69, 9.17) is 23.2 Å². The third kappa shape index (κ3) is 5.00. The molecule has 2 amide bonds. The number of nitrogens with one attached hydrogen (secondary N) is 2. The smallest absolute Gasteiger partial charge is 0.265 e. The van der Waals surface area contributed by atoms with Crippen molar-refractivity contribution in [2.75, 3.05) is 14.9 Å². The summed E-state index contributed by atoms with van der Waals surface area (Å²) in [6.45, 7) is 5.32. The van der Waals surface area contributed by atoms with E-state index < -0.39 is 34.3 Å². The summed E-state index contributed by atoms with van der Waals surface area (Å²) in [6.07, 6.45) is -0.423. The van der Waals surface area contributed by atoms with Crippen LogP contribution in [0.4, 0.5) is 17.1 Å². The highest BCUT2D eigenvalue weighted by Crippen LogP contribution is 2.39. The van der Waals surface area contributed by atoms with E-state index in [-0.39, 0.29) is 10.6 Å². The number of hydrogen-bond donors (Lipinski definition) is 2. The molecule has 1 atom stereocenters. The Bertz CT molecular complexity index is 1410. The van der Waals surface area contributed by atoms with Crippen molar-refractivity contribution < 1.29 is 18.0 Å². The van der Waals surface area contributed by atoms with Gasteiger partial charge in [-0.3, -0.25) is 13.9 Å². The van der Waals surface area contributed by atoms with Crippen LogP contribution in [0.1, 0.15) is 23.1 Å². The molecule has 0 saturated heterocycles. The highest BCUT2D eigenvalue weighted by molar-refractivity contribution is 7.93. The zero-order chi connectivity index (χ0) is 25.5. The number of aryl methyl sites for hydroxylation is 3. The summed E-state index contributed by atoms with van der Waals surface area (Å²) in [5.74, 6) is -1.17. The largest absolute Gasteiger partial charge is 0.326 e. The molecule has 10 heteroatoms. The summed E-state index contributed by atoms with van der Waals surface area (Å²) in [5.41, 5.74) is 3.01. The maximum Gasteiger partial charge on any atom is 0.265 e. The standard InChI is InChI=1S/C25H23Cl2N3O4S/c1-14-8-15(2)24(16(3)9-14)35(33,34)30-21-7-5-4-6-20(21)29-25(32)22(30)13-23(31)28-19-11-17(26)10-18(27)12-19/h4-12,22H,13H2,1-3H3,(H,28,31)(H,29,32). The molecular weight excluding hydrogens is 509 g/mol. The summed E-state index contributed by atoms with van der Waals surface area (Å²) >= 11 is 12.0. The molecule has 1 unspecified atom stereocenters. The highest BCUT2D eigenvalue weighted by Gasteiger charge is 2.43. The van der Waals surface area contributed by atoms with Crippen LogP contribution in [-0.2, 0) is 19.6 Å². The lowest BCUT2D eigenvalue weighted by Gasteiger charge is -2.37. The fraction of sp³-hybridized carbons (Fsp3) is 0.200. The van der Waals surface area contributed by atoms with Crippen molar-refractivity contribution in [3.8, 4) is 0 Å². The third-order valence-electron chi connectivity index (χ3n) is 5.63. The van der Waals surface area contributed by atoms with Gasteiger partial charge in [-0.1, -0.05) is 53.0 Å². The zero-order valence-corrected chi connectivity index (χ0v) is 21.6. The number of halogens is 2. The molecule has 0 bridgehead atoms. The van der Waals surface area contributed by atoms with Crippen LogP contribution in [0.25, 0.3) is 0 Å². The van der Waals surface area contributed by atoms with Crippen LogP contribution >= 0.6 is 23.2 Å². The third-order valence-corrected chi connectivity index (χ3v) is 8.20. The summed E-state index contributed by atoms with van der Waals surface area (Å²) in [7, 11) is -4.22. The van der Waals surface area contributed by atoms with Crippen LogP contribution in [0.15, 0.2) is 59.5 Å². The molecule has 7 nitrogen and oxygen atoms in total. The molecule has 3 aromatic rings. The van der Waals surface area contributed by atoms with Gasteiger partial charge in [-0.05, 0) is 62.2 Å². The number of amides is 2. The minimum absolute atomic E-state index is 0.111. The van der Waals surface area contributed by atoms with Crippen molar-refractivity contribution in [1.29, 1.82) is 0 Å². The Hall–Kier alpha value is -3.07. The van der Waals surface area contributed by atoms with Crippen LogP contribution in [0.5, 0.6) is 0 Å². The molecule has 2 N–H and O–H groups in total. The predicted octanol–water partition coefficient (Wildman–Crippen LogP) is 5.46. The molecule has 0 fully saturated rings. The molecule has 1 aliphatic heterocycles. The molecular formula is C25H23Cl2N3O4S. The highest BCUT2D eigenvalue weighted by atomic mass is 35.5. The van der Waals surface area contributed by atoms with E-state index in [2.05, 4.69) is 10.6 Å². The lowest BCUT2D eigenvalue weighted by atomic mass is 10.1. The van der Waals surface area contributed by atoms with E-state index in [1.807, 2.05) is 6.92 Å². The number of fused-ring (bicyclic) bond motifs is 1. The van der Waals surface area contributed by atoms with Gasteiger partial charge in [0.25, 0.3) is 10.0 Å². The molecule has 0 radical (unpaired) electrons. The average Bonchev–Trinajstić information content (AvgIpc) is 2.72. The second kappa shape index (κ2) is 9.53. The minimum Gasteiger partial charge on any atom is -0.326 e. The van der Waals surface area contributed by atoms with Gasteiger partial charge in [0.05, 0.1) is 22.7 Å². The topological polar surface area (TPSA) is 95.6 Å². The summed E-state index contributed by atoms with van der Waals surface area (Å²) in [6, 6.07) is 13.4. The quantitative estimate of drug-likeness (QED) is 0.456. The van der Waals surface area contributed by atoms with Gasteiger partial charge in [-0.2, -0.15) is 0 Å². The average molecular weight is 532 g/mol. The second-order valence-corrected chi connectivity index (χ2v) is 11.1. The normalized spacial score (nSPS) is 15.4. The number of para-hydroxylation sites is 2. The van der Waals surface area contributed by atoms with Crippen LogP contribution in [0.3, 0.4) is 0 Å². The summed E-state index contributed by atoms with van der Waals surface area (Å²) < 4.78 is 29.2. The number of carbonyl (C=O) groups is 2. The van der Waals surface area contributed by atoms with Gasteiger partial charge in [-0.25, -0.2) is 8.42 Å². The van der Waals surface area contributed by atoms with E-state index in [0.717, 1.165) is 9.87 Å². The lowest BCUT2D eigenvalue weighted by Crippen LogP contribution is -2.52. The van der Waals surface area contributed by atoms with Gasteiger partial charge >= 0.3 is 0 Å². The molecule has 3 aromatic carbocycles. The van der Waals surface area contributed by atoms with Crippen LogP contribution in [0.2, 0.25) is 10.0 Å². The molecule has 35 heavy (non-hydrogen) atoms. The molecule has 182 valence electrons. The summed E-state index contributed by atoms with van der Waals surface area (Å²) in [5, 5.41) is 6.02. The zero-order valence-electron chi connectivity index (χ0n) is 19.2. The number of carbonyl (C=O) groups excluding carboxylic acids is 2. The molecule has 1 aliphatic rings. The first kappa shape index (κ1) is 25.0. The number of sulfonamides is 1. The first-order valence-electron chi connectivity index (χ1n) is 10.8. The fourth-order valence-electron chi connectivity index (χ4n) is 4.42. The second-order valence-electron chi connectivity index (χ2n) is 8.46. The molecule has 0 aliphatic carbocycles. The van der Waals surface area contributed by atoms with Gasteiger partial charge in [0.1, 0.15) is 6.04 Å². The molecule has 0 aromatic heterocycles. The Kier molecular flexibility index (Phi) is 6.81. The Morgan fingerprint density at radius 2 is 1.60 bits per heavy atom. The van der Waals surface area contributed by atoms with Gasteiger partial charge in [0, 0.05) is 15.7 Å². The Morgan fingerprint density at radius 3 is 2.23 bits per heavy atom. The maximum absolute atomic E-state index is 14.1. The first-order chi connectivity index (χ1) is 16.5. The van der Waals surface area contributed by atoms with Crippen molar-refractivity contribution in [3.05, 3.63) is 81.3 Å². The number of benzene rings is 3. The van der Waals surface area contributed by atoms with E-state index in [1.165, 1.54) is 18.2 Å². The Balaban J connectivity index is 1.77. The lowest BCUT2D eigenvalue weighted by molar-refractivity contribution is -0.122. The van der Waals surface area contributed by atoms with Crippen LogP contribution in [0, 0.1) is 20.8 Å². The predicted molar refractivity (Wildman–Crippen MR) is 139 cm³/mol. The Labute approximate surface area is 214 Å². The van der Waals surface area contributed by atoms with Gasteiger partial charge in [-0.15, -0.1) is 0 Å². The maximum atomic E-state index is 14.1. The number of anilines is 3. The monoisotopic (exact) mass is 531 g/mol.